The molecule has 2 aromatic carbocycles. The van der Waals surface area contributed by atoms with Crippen LogP contribution in [0.1, 0.15) is 12.5 Å². The van der Waals surface area contributed by atoms with Crippen LogP contribution in [-0.2, 0) is 9.53 Å². The first kappa shape index (κ1) is 19.7. The van der Waals surface area contributed by atoms with Crippen molar-refractivity contribution in [1.82, 2.24) is 4.98 Å². The minimum absolute atomic E-state index is 0.306. The molecule has 144 valence electrons. The Kier molecular flexibility index (Phi) is 6.49. The van der Waals surface area contributed by atoms with Gasteiger partial charge in [-0.05, 0) is 36.8 Å². The van der Waals surface area contributed by atoms with E-state index in [9.17, 15) is 4.79 Å². The van der Waals surface area contributed by atoms with Crippen molar-refractivity contribution in [3.8, 4) is 17.1 Å². The predicted octanol–water partition coefficient (Wildman–Crippen LogP) is 5.13. The van der Waals surface area contributed by atoms with E-state index in [0.717, 1.165) is 21.3 Å². The van der Waals surface area contributed by atoms with Crippen LogP contribution in [0.4, 0.5) is 5.69 Å². The van der Waals surface area contributed by atoms with E-state index < -0.39 is 5.97 Å². The zero-order valence-electron chi connectivity index (χ0n) is 15.4. The molecular weight excluding hydrogens is 424 g/mol. The number of carbonyl (C=O) groups excluding carboxylic acids is 1. The first-order valence-electron chi connectivity index (χ1n) is 8.59. The molecule has 1 heterocycles. The summed E-state index contributed by atoms with van der Waals surface area (Å²) in [6.45, 7) is 2.08. The Bertz CT molecular complexity index is 984. The Balaban J connectivity index is 1.95. The molecule has 0 atom stereocenters. The summed E-state index contributed by atoms with van der Waals surface area (Å²) >= 11 is 3.46. The van der Waals surface area contributed by atoms with E-state index in [1.165, 1.54) is 12.5 Å². The second-order valence-corrected chi connectivity index (χ2v) is 6.64. The lowest BCUT2D eigenvalue weighted by Gasteiger charge is -2.14. The summed E-state index contributed by atoms with van der Waals surface area (Å²) in [7, 11) is 1.59. The van der Waals surface area contributed by atoms with E-state index in [1.807, 2.05) is 42.5 Å². The quantitative estimate of drug-likeness (QED) is 0.403. The van der Waals surface area contributed by atoms with E-state index in [0.29, 0.717) is 23.8 Å². The highest BCUT2D eigenvalue weighted by molar-refractivity contribution is 9.10. The van der Waals surface area contributed by atoms with Gasteiger partial charge in [0.05, 0.1) is 31.2 Å². The van der Waals surface area contributed by atoms with Gasteiger partial charge in [-0.15, -0.1) is 0 Å². The molecule has 0 saturated heterocycles. The van der Waals surface area contributed by atoms with Gasteiger partial charge >= 0.3 is 5.97 Å². The number of hydrogen-bond donors (Lipinski definition) is 1. The van der Waals surface area contributed by atoms with Crippen molar-refractivity contribution in [1.29, 1.82) is 0 Å². The highest BCUT2D eigenvalue weighted by Crippen LogP contribution is 2.33. The van der Waals surface area contributed by atoms with Crippen molar-refractivity contribution in [2.75, 3.05) is 19.0 Å². The Morgan fingerprint density at radius 3 is 2.82 bits per heavy atom. The molecule has 0 aliphatic heterocycles. The molecule has 0 amide bonds. The van der Waals surface area contributed by atoms with E-state index in [1.54, 1.807) is 20.2 Å². The van der Waals surface area contributed by atoms with Crippen molar-refractivity contribution < 1.29 is 18.7 Å². The fourth-order valence-electron chi connectivity index (χ4n) is 2.63. The lowest BCUT2D eigenvalue weighted by molar-refractivity contribution is -0.137. The Hall–Kier alpha value is -3.06. The van der Waals surface area contributed by atoms with Crippen LogP contribution >= 0.6 is 15.9 Å². The van der Waals surface area contributed by atoms with Crippen LogP contribution in [0.2, 0.25) is 0 Å². The van der Waals surface area contributed by atoms with Gasteiger partial charge in [0, 0.05) is 22.3 Å². The van der Waals surface area contributed by atoms with Crippen LogP contribution in [0.5, 0.6) is 5.75 Å². The van der Waals surface area contributed by atoms with Crippen LogP contribution in [0.25, 0.3) is 17.0 Å². The average Bonchev–Trinajstić information content (AvgIpc) is 3.22. The summed E-state index contributed by atoms with van der Waals surface area (Å²) in [5.41, 5.74) is 2.97. The van der Waals surface area contributed by atoms with Gasteiger partial charge in [-0.1, -0.05) is 28.1 Å². The molecule has 0 spiro atoms. The lowest BCUT2D eigenvalue weighted by Crippen LogP contribution is -2.06. The normalized spacial score (nSPS) is 11.2. The Morgan fingerprint density at radius 1 is 1.29 bits per heavy atom. The number of halogens is 1. The number of nitrogens with zero attached hydrogens (tertiary/aromatic N) is 1. The van der Waals surface area contributed by atoms with E-state index in [4.69, 9.17) is 13.9 Å². The van der Waals surface area contributed by atoms with Gasteiger partial charge in [0.15, 0.2) is 12.2 Å². The molecule has 0 fully saturated rings. The van der Waals surface area contributed by atoms with Gasteiger partial charge in [-0.3, -0.25) is 0 Å². The summed E-state index contributed by atoms with van der Waals surface area (Å²) in [6.07, 6.45) is 4.43. The molecule has 0 unspecified atom stereocenters. The molecule has 0 aliphatic carbocycles. The maximum atomic E-state index is 12.0. The second-order valence-electron chi connectivity index (χ2n) is 5.73. The predicted molar refractivity (Wildman–Crippen MR) is 111 cm³/mol. The molecule has 0 aliphatic rings. The lowest BCUT2D eigenvalue weighted by atomic mass is 10.1. The van der Waals surface area contributed by atoms with E-state index >= 15 is 0 Å². The van der Waals surface area contributed by atoms with Crippen molar-refractivity contribution >= 4 is 33.3 Å². The van der Waals surface area contributed by atoms with Crippen LogP contribution in [-0.4, -0.2) is 24.7 Å². The van der Waals surface area contributed by atoms with Gasteiger partial charge in [-0.25, -0.2) is 9.78 Å². The standard InChI is InChI=1S/C21H19BrN2O4/c1-3-27-21(25)11-18(14-5-4-6-15(22)9-14)24-16-7-8-17(19(10-16)26-2)20-12-23-13-28-20/h4-13,24H,3H2,1-2H3/b18-11+. The Morgan fingerprint density at radius 2 is 2.14 bits per heavy atom. The number of methoxy groups -OCH3 is 1. The zero-order valence-corrected chi connectivity index (χ0v) is 17.0. The number of aromatic nitrogens is 1. The minimum Gasteiger partial charge on any atom is -0.496 e. The van der Waals surface area contributed by atoms with Crippen LogP contribution in [0.3, 0.4) is 0 Å². The summed E-state index contributed by atoms with van der Waals surface area (Å²) in [4.78, 5) is 16.0. The van der Waals surface area contributed by atoms with Crippen molar-refractivity contribution in [2.24, 2.45) is 0 Å². The fraction of sp³-hybridized carbons (Fsp3) is 0.143. The molecular formula is C21H19BrN2O4. The molecule has 0 saturated carbocycles. The molecule has 0 radical (unpaired) electrons. The maximum Gasteiger partial charge on any atom is 0.332 e. The maximum absolute atomic E-state index is 12.0. The van der Waals surface area contributed by atoms with Crippen molar-refractivity contribution in [3.63, 3.8) is 0 Å². The summed E-state index contributed by atoms with van der Waals surface area (Å²) in [6, 6.07) is 13.2. The smallest absolute Gasteiger partial charge is 0.332 e. The molecule has 1 aromatic heterocycles. The third kappa shape index (κ3) is 4.80. The number of rotatable bonds is 7. The number of ether oxygens (including phenoxy) is 2. The van der Waals surface area contributed by atoms with Gasteiger partial charge in [-0.2, -0.15) is 0 Å². The molecule has 7 heteroatoms. The summed E-state index contributed by atoms with van der Waals surface area (Å²) < 4.78 is 16.8. The van der Waals surface area contributed by atoms with E-state index in [2.05, 4.69) is 26.2 Å². The fourth-order valence-corrected chi connectivity index (χ4v) is 3.03. The number of hydrogen-bond acceptors (Lipinski definition) is 6. The third-order valence-corrected chi connectivity index (χ3v) is 4.36. The first-order valence-corrected chi connectivity index (χ1v) is 9.38. The molecule has 1 N–H and O–H groups in total. The van der Waals surface area contributed by atoms with Crippen LogP contribution in [0, 0.1) is 0 Å². The number of anilines is 1. The van der Waals surface area contributed by atoms with Gasteiger partial charge in [0.25, 0.3) is 0 Å². The topological polar surface area (TPSA) is 73.6 Å². The second kappa shape index (κ2) is 9.23. The number of benzene rings is 2. The number of esters is 1. The number of oxazole rings is 1. The zero-order chi connectivity index (χ0) is 19.9. The molecule has 3 aromatic rings. The van der Waals surface area contributed by atoms with Crippen LogP contribution in [0.15, 0.2) is 70.0 Å². The van der Waals surface area contributed by atoms with Gasteiger partial charge in [0.1, 0.15) is 5.75 Å². The monoisotopic (exact) mass is 442 g/mol. The molecule has 28 heavy (non-hydrogen) atoms. The first-order chi connectivity index (χ1) is 13.6. The number of nitrogens with one attached hydrogen (secondary N) is 1. The van der Waals surface area contributed by atoms with Crippen LogP contribution < -0.4 is 10.1 Å². The number of carbonyl (C=O) groups is 1. The third-order valence-electron chi connectivity index (χ3n) is 3.86. The Labute approximate surface area is 171 Å². The van der Waals surface area contributed by atoms with Gasteiger partial charge < -0.3 is 19.2 Å². The molecule has 0 bridgehead atoms. The SMILES string of the molecule is CCOC(=O)/C=C(/Nc1ccc(-c2cnco2)c(OC)c1)c1cccc(Br)c1. The highest BCUT2D eigenvalue weighted by atomic mass is 79.9. The summed E-state index contributed by atoms with van der Waals surface area (Å²) in [5.74, 6) is 0.805. The molecule has 3 rings (SSSR count). The summed E-state index contributed by atoms with van der Waals surface area (Å²) in [5, 5.41) is 3.27. The van der Waals surface area contributed by atoms with E-state index in [-0.39, 0.29) is 0 Å². The van der Waals surface area contributed by atoms with Crippen molar-refractivity contribution in [3.05, 3.63) is 71.2 Å². The highest BCUT2D eigenvalue weighted by Gasteiger charge is 2.12. The molecule has 6 nitrogen and oxygen atoms in total. The van der Waals surface area contributed by atoms with Gasteiger partial charge in [0.2, 0.25) is 0 Å². The van der Waals surface area contributed by atoms with Crippen molar-refractivity contribution in [2.45, 2.75) is 6.92 Å². The minimum atomic E-state index is -0.421. The average molecular weight is 443 g/mol. The largest absolute Gasteiger partial charge is 0.496 e.